The molecule has 1 saturated heterocycles. The lowest BCUT2D eigenvalue weighted by molar-refractivity contribution is 0.0649. The lowest BCUT2D eigenvalue weighted by atomic mass is 9.88. The van der Waals surface area contributed by atoms with Crippen LogP contribution in [0, 0.1) is 24.5 Å². The van der Waals surface area contributed by atoms with Crippen molar-refractivity contribution in [1.29, 1.82) is 0 Å². The molecule has 1 aliphatic rings. The molecule has 0 aliphatic carbocycles. The number of hydrogen-bond donors (Lipinski definition) is 0. The normalized spacial score (nSPS) is 14.7. The highest BCUT2D eigenvalue weighted by Crippen LogP contribution is 2.25. The van der Waals surface area contributed by atoms with E-state index in [0.717, 1.165) is 29.4 Å². The number of benzene rings is 2. The van der Waals surface area contributed by atoms with Crippen molar-refractivity contribution < 1.29 is 18.4 Å². The molecule has 4 rings (SSSR count). The Morgan fingerprint density at radius 2 is 1.83 bits per heavy atom. The molecule has 0 bridgehead atoms. The van der Waals surface area contributed by atoms with E-state index in [9.17, 15) is 18.4 Å². The molecule has 30 heavy (non-hydrogen) atoms. The Balaban J connectivity index is 1.43. The number of aryl methyl sites for hydroxylation is 1. The maximum atomic E-state index is 13.9. The van der Waals surface area contributed by atoms with E-state index in [2.05, 4.69) is 15.5 Å². The summed E-state index contributed by atoms with van der Waals surface area (Å²) in [5.74, 6) is -2.36. The van der Waals surface area contributed by atoms with Crippen molar-refractivity contribution in [3.63, 3.8) is 0 Å². The molecule has 2 aromatic carbocycles. The monoisotopic (exact) mass is 411 g/mol. The van der Waals surface area contributed by atoms with Gasteiger partial charge in [0, 0.05) is 24.6 Å². The number of carbonyl (C=O) groups is 2. The molecule has 0 spiro atoms. The van der Waals surface area contributed by atoms with Crippen molar-refractivity contribution in [3.8, 4) is 5.69 Å². The topological polar surface area (TPSA) is 81.0 Å². The van der Waals surface area contributed by atoms with Crippen LogP contribution in [-0.4, -0.2) is 49.9 Å². The molecule has 7 nitrogen and oxygen atoms in total. The number of hydrogen-bond acceptors (Lipinski definition) is 5. The summed E-state index contributed by atoms with van der Waals surface area (Å²) >= 11 is 0. The SMILES string of the molecule is Cc1cc(C(=O)N2CCC(C(=O)c3cc(F)ccc3F)CC2)ccc1-n1cnnn1. The fourth-order valence-corrected chi connectivity index (χ4v) is 3.75. The van der Waals surface area contributed by atoms with E-state index in [4.69, 9.17) is 0 Å². The van der Waals surface area contributed by atoms with Crippen LogP contribution in [0.25, 0.3) is 5.69 Å². The van der Waals surface area contributed by atoms with Crippen molar-refractivity contribution in [2.45, 2.75) is 19.8 Å². The minimum absolute atomic E-state index is 0.135. The Bertz CT molecular complexity index is 1090. The zero-order valence-electron chi connectivity index (χ0n) is 16.3. The first-order valence-electron chi connectivity index (χ1n) is 9.56. The van der Waals surface area contributed by atoms with Crippen LogP contribution in [0.1, 0.15) is 39.1 Å². The Morgan fingerprint density at radius 3 is 2.50 bits per heavy atom. The van der Waals surface area contributed by atoms with Gasteiger partial charge in [0.15, 0.2) is 5.78 Å². The fourth-order valence-electron chi connectivity index (χ4n) is 3.75. The van der Waals surface area contributed by atoms with Crippen LogP contribution in [-0.2, 0) is 0 Å². The summed E-state index contributed by atoms with van der Waals surface area (Å²) in [6.07, 6.45) is 2.29. The van der Waals surface area contributed by atoms with Gasteiger partial charge in [0.25, 0.3) is 5.91 Å². The molecule has 0 radical (unpaired) electrons. The molecule has 0 saturated carbocycles. The zero-order chi connectivity index (χ0) is 21.3. The third-order valence-corrected chi connectivity index (χ3v) is 5.39. The van der Waals surface area contributed by atoms with Gasteiger partial charge in [-0.05, 0) is 72.2 Å². The molecule has 154 valence electrons. The number of tetrazole rings is 1. The Kier molecular flexibility index (Phi) is 5.35. The molecular formula is C21H19F2N5O2. The van der Waals surface area contributed by atoms with Crippen LogP contribution >= 0.6 is 0 Å². The smallest absolute Gasteiger partial charge is 0.253 e. The Labute approximate surface area is 171 Å². The van der Waals surface area contributed by atoms with Gasteiger partial charge in [0.2, 0.25) is 0 Å². The number of aromatic nitrogens is 4. The second kappa shape index (κ2) is 8.10. The molecule has 1 fully saturated rings. The number of piperidine rings is 1. The van der Waals surface area contributed by atoms with Gasteiger partial charge in [0.1, 0.15) is 18.0 Å². The predicted octanol–water partition coefficient (Wildman–Crippen LogP) is 2.98. The molecule has 1 aromatic heterocycles. The average Bonchev–Trinajstić information content (AvgIpc) is 3.29. The van der Waals surface area contributed by atoms with Crippen LogP contribution in [0.5, 0.6) is 0 Å². The van der Waals surface area contributed by atoms with Crippen molar-refractivity contribution >= 4 is 11.7 Å². The minimum atomic E-state index is -0.724. The maximum Gasteiger partial charge on any atom is 0.253 e. The zero-order valence-corrected chi connectivity index (χ0v) is 16.3. The number of carbonyl (C=O) groups excluding carboxylic acids is 2. The molecule has 0 unspecified atom stereocenters. The van der Waals surface area contributed by atoms with Crippen LogP contribution < -0.4 is 0 Å². The van der Waals surface area contributed by atoms with E-state index < -0.39 is 23.3 Å². The summed E-state index contributed by atoms with van der Waals surface area (Å²) in [5.41, 5.74) is 1.93. The quantitative estimate of drug-likeness (QED) is 0.617. The Hall–Kier alpha value is -3.49. The lowest BCUT2D eigenvalue weighted by Crippen LogP contribution is -2.40. The maximum absolute atomic E-state index is 13.9. The molecule has 0 atom stereocenters. The molecule has 3 aromatic rings. The summed E-state index contributed by atoms with van der Waals surface area (Å²) < 4.78 is 28.8. The van der Waals surface area contributed by atoms with Crippen LogP contribution in [0.2, 0.25) is 0 Å². The van der Waals surface area contributed by atoms with E-state index in [-0.39, 0.29) is 11.5 Å². The third-order valence-electron chi connectivity index (χ3n) is 5.39. The van der Waals surface area contributed by atoms with E-state index in [1.807, 2.05) is 6.92 Å². The summed E-state index contributed by atoms with van der Waals surface area (Å²) in [5, 5.41) is 11.1. The second-order valence-electron chi connectivity index (χ2n) is 7.31. The van der Waals surface area contributed by atoms with E-state index in [0.29, 0.717) is 31.5 Å². The number of nitrogens with zero attached hydrogens (tertiary/aromatic N) is 5. The van der Waals surface area contributed by atoms with Crippen molar-refractivity contribution in [1.82, 2.24) is 25.1 Å². The van der Waals surface area contributed by atoms with E-state index in [1.165, 1.54) is 11.0 Å². The summed E-state index contributed by atoms with van der Waals surface area (Å²) in [6, 6.07) is 8.15. The van der Waals surface area contributed by atoms with Crippen LogP contribution in [0.4, 0.5) is 8.78 Å². The van der Waals surface area contributed by atoms with E-state index in [1.54, 1.807) is 23.1 Å². The second-order valence-corrected chi connectivity index (χ2v) is 7.31. The largest absolute Gasteiger partial charge is 0.339 e. The van der Waals surface area contributed by atoms with Gasteiger partial charge in [-0.1, -0.05) is 0 Å². The highest BCUT2D eigenvalue weighted by Gasteiger charge is 2.30. The number of Topliss-reactive ketones (excluding diaryl/α,β-unsaturated/α-hetero) is 1. The number of likely N-dealkylation sites (tertiary alicyclic amines) is 1. The third kappa shape index (κ3) is 3.83. The van der Waals surface area contributed by atoms with Gasteiger partial charge in [-0.3, -0.25) is 9.59 Å². The highest BCUT2D eigenvalue weighted by molar-refractivity contribution is 5.98. The van der Waals surface area contributed by atoms with Crippen LogP contribution in [0.3, 0.4) is 0 Å². The molecule has 0 N–H and O–H groups in total. The molecular weight excluding hydrogens is 392 g/mol. The number of rotatable bonds is 4. The summed E-state index contributed by atoms with van der Waals surface area (Å²) in [6.45, 7) is 2.62. The Morgan fingerprint density at radius 1 is 1.07 bits per heavy atom. The number of halogens is 2. The molecule has 2 heterocycles. The highest BCUT2D eigenvalue weighted by atomic mass is 19.1. The first-order chi connectivity index (χ1) is 14.4. The van der Waals surface area contributed by atoms with Crippen molar-refractivity contribution in [2.75, 3.05) is 13.1 Å². The lowest BCUT2D eigenvalue weighted by Gasteiger charge is -2.31. The summed E-state index contributed by atoms with van der Waals surface area (Å²) in [7, 11) is 0. The molecule has 9 heteroatoms. The standard InChI is InChI=1S/C21H19F2N5O2/c1-13-10-15(2-5-19(13)28-12-24-25-26-28)21(30)27-8-6-14(7-9-27)20(29)17-11-16(22)3-4-18(17)23/h2-5,10-12,14H,6-9H2,1H3. The first-order valence-corrected chi connectivity index (χ1v) is 9.56. The van der Waals surface area contributed by atoms with Crippen molar-refractivity contribution in [2.24, 2.45) is 5.92 Å². The minimum Gasteiger partial charge on any atom is -0.339 e. The van der Waals surface area contributed by atoms with Gasteiger partial charge < -0.3 is 4.90 Å². The van der Waals surface area contributed by atoms with Crippen molar-refractivity contribution in [3.05, 3.63) is 71.1 Å². The fraction of sp³-hybridized carbons (Fsp3) is 0.286. The average molecular weight is 411 g/mol. The number of amides is 1. The van der Waals surface area contributed by atoms with Crippen LogP contribution in [0.15, 0.2) is 42.7 Å². The van der Waals surface area contributed by atoms with Gasteiger partial charge in [-0.15, -0.1) is 5.10 Å². The van der Waals surface area contributed by atoms with Gasteiger partial charge in [-0.25, -0.2) is 13.5 Å². The summed E-state index contributed by atoms with van der Waals surface area (Å²) in [4.78, 5) is 27.1. The number of ketones is 1. The molecule has 1 aliphatic heterocycles. The molecule has 1 amide bonds. The van der Waals surface area contributed by atoms with Gasteiger partial charge in [-0.2, -0.15) is 0 Å². The predicted molar refractivity (Wildman–Crippen MR) is 103 cm³/mol. The van der Waals surface area contributed by atoms with Gasteiger partial charge in [0.05, 0.1) is 11.3 Å². The first kappa shape index (κ1) is 19.8. The van der Waals surface area contributed by atoms with Gasteiger partial charge >= 0.3 is 0 Å². The van der Waals surface area contributed by atoms with E-state index >= 15 is 0 Å².